The molecule has 126 valence electrons. The van der Waals surface area contributed by atoms with Crippen molar-refractivity contribution >= 4 is 30.5 Å². The molecular weight excluding hydrogens is 374 g/mol. The van der Waals surface area contributed by atoms with Crippen LogP contribution in [0.2, 0.25) is 19.6 Å². The lowest BCUT2D eigenvalue weighted by molar-refractivity contribution is -0.120. The third-order valence-electron chi connectivity index (χ3n) is 3.22. The molecule has 23 heavy (non-hydrogen) atoms. The van der Waals surface area contributed by atoms with Gasteiger partial charge >= 0.3 is 0 Å². The predicted molar refractivity (Wildman–Crippen MR) is 99.7 cm³/mol. The molecule has 1 aromatic carbocycles. The SMILES string of the molecule is C=C(N=Cc1cc(Br)ccc1OCC1(C)COC1)O[Si](C)(C)C. The van der Waals surface area contributed by atoms with Crippen LogP contribution < -0.4 is 4.74 Å². The Labute approximate surface area is 147 Å². The van der Waals surface area contributed by atoms with E-state index in [1.54, 1.807) is 6.21 Å². The highest BCUT2D eigenvalue weighted by molar-refractivity contribution is 9.10. The third-order valence-corrected chi connectivity index (χ3v) is 4.56. The second-order valence-electron chi connectivity index (χ2n) is 7.14. The summed E-state index contributed by atoms with van der Waals surface area (Å²) in [5, 5.41) is 0. The topological polar surface area (TPSA) is 40.0 Å². The lowest BCUT2D eigenvalue weighted by Crippen LogP contribution is -2.44. The second-order valence-corrected chi connectivity index (χ2v) is 12.5. The van der Waals surface area contributed by atoms with Crippen molar-refractivity contribution in [3.05, 3.63) is 40.7 Å². The van der Waals surface area contributed by atoms with Crippen LogP contribution in [-0.4, -0.2) is 34.4 Å². The number of halogens is 1. The predicted octanol–water partition coefficient (Wildman–Crippen LogP) is 4.61. The molecule has 0 amide bonds. The summed E-state index contributed by atoms with van der Waals surface area (Å²) in [4.78, 5) is 4.33. The molecular formula is C17H24BrNO3Si. The van der Waals surface area contributed by atoms with Crippen LogP contribution in [0.1, 0.15) is 12.5 Å². The lowest BCUT2D eigenvalue weighted by Gasteiger charge is -2.37. The van der Waals surface area contributed by atoms with Gasteiger partial charge in [0.2, 0.25) is 8.32 Å². The van der Waals surface area contributed by atoms with Crippen molar-refractivity contribution in [1.29, 1.82) is 0 Å². The van der Waals surface area contributed by atoms with Crippen LogP contribution in [0.5, 0.6) is 5.75 Å². The summed E-state index contributed by atoms with van der Waals surface area (Å²) in [5.41, 5.74) is 0.995. The molecule has 2 rings (SSSR count). The van der Waals surface area contributed by atoms with Gasteiger partial charge in [-0.1, -0.05) is 22.9 Å². The van der Waals surface area contributed by atoms with Crippen LogP contribution in [0.3, 0.4) is 0 Å². The number of nitrogens with zero attached hydrogens (tertiary/aromatic N) is 1. The first-order valence-corrected chi connectivity index (χ1v) is 11.8. The fourth-order valence-electron chi connectivity index (χ4n) is 2.06. The molecule has 0 saturated carbocycles. The lowest BCUT2D eigenvalue weighted by atomic mass is 9.90. The molecule has 4 nitrogen and oxygen atoms in total. The first kappa shape index (κ1) is 18.2. The van der Waals surface area contributed by atoms with E-state index in [4.69, 9.17) is 13.9 Å². The van der Waals surface area contributed by atoms with Crippen molar-refractivity contribution in [2.45, 2.75) is 26.6 Å². The summed E-state index contributed by atoms with van der Waals surface area (Å²) in [6.07, 6.45) is 1.74. The van der Waals surface area contributed by atoms with Gasteiger partial charge < -0.3 is 13.9 Å². The Balaban J connectivity index is 2.07. The molecule has 0 atom stereocenters. The Morgan fingerprint density at radius 2 is 2.13 bits per heavy atom. The van der Waals surface area contributed by atoms with Gasteiger partial charge in [0.15, 0.2) is 5.88 Å². The van der Waals surface area contributed by atoms with Crippen LogP contribution in [0, 0.1) is 5.41 Å². The molecule has 0 aromatic heterocycles. The average molecular weight is 398 g/mol. The second kappa shape index (κ2) is 7.19. The van der Waals surface area contributed by atoms with Crippen LogP contribution in [0.25, 0.3) is 0 Å². The van der Waals surface area contributed by atoms with Crippen LogP contribution in [-0.2, 0) is 9.16 Å². The molecule has 1 heterocycles. The van der Waals surface area contributed by atoms with Crippen molar-refractivity contribution in [2.24, 2.45) is 10.4 Å². The average Bonchev–Trinajstić information content (AvgIpc) is 2.40. The summed E-state index contributed by atoms with van der Waals surface area (Å²) in [6.45, 7) is 14.4. The van der Waals surface area contributed by atoms with Gasteiger partial charge in [-0.3, -0.25) is 0 Å². The zero-order valence-electron chi connectivity index (χ0n) is 14.2. The number of aliphatic imine (C=N–C) groups is 1. The van der Waals surface area contributed by atoms with E-state index in [0.29, 0.717) is 12.5 Å². The Bertz CT molecular complexity index is 606. The maximum Gasteiger partial charge on any atom is 0.244 e. The first-order valence-electron chi connectivity index (χ1n) is 7.59. The Morgan fingerprint density at radius 3 is 2.70 bits per heavy atom. The molecule has 1 fully saturated rings. The third kappa shape index (κ3) is 5.79. The maximum absolute atomic E-state index is 5.98. The van der Waals surface area contributed by atoms with Gasteiger partial charge in [-0.15, -0.1) is 0 Å². The fourth-order valence-corrected chi connectivity index (χ4v) is 3.20. The van der Waals surface area contributed by atoms with E-state index in [-0.39, 0.29) is 5.41 Å². The van der Waals surface area contributed by atoms with Gasteiger partial charge in [-0.25, -0.2) is 4.99 Å². The van der Waals surface area contributed by atoms with E-state index >= 15 is 0 Å². The summed E-state index contributed by atoms with van der Waals surface area (Å²) < 4.78 is 18.0. The summed E-state index contributed by atoms with van der Waals surface area (Å²) in [5.74, 6) is 1.24. The zero-order chi connectivity index (χ0) is 17.1. The van der Waals surface area contributed by atoms with E-state index in [2.05, 4.69) is 54.1 Å². The number of benzene rings is 1. The Morgan fingerprint density at radius 1 is 1.43 bits per heavy atom. The highest BCUT2D eigenvalue weighted by Gasteiger charge is 2.34. The highest BCUT2D eigenvalue weighted by atomic mass is 79.9. The Hall–Kier alpha value is -1.11. The molecule has 1 aromatic rings. The Kier molecular flexibility index (Phi) is 5.70. The summed E-state index contributed by atoms with van der Waals surface area (Å²) in [6, 6.07) is 5.87. The number of hydrogen-bond donors (Lipinski definition) is 0. The molecule has 6 heteroatoms. The van der Waals surface area contributed by atoms with E-state index in [9.17, 15) is 0 Å². The zero-order valence-corrected chi connectivity index (χ0v) is 16.8. The molecule has 1 aliphatic heterocycles. The molecule has 0 radical (unpaired) electrons. The van der Waals surface area contributed by atoms with Crippen molar-refractivity contribution in [3.8, 4) is 5.75 Å². The van der Waals surface area contributed by atoms with Gasteiger partial charge in [-0.2, -0.15) is 0 Å². The number of ether oxygens (including phenoxy) is 2. The maximum atomic E-state index is 5.98. The van der Waals surface area contributed by atoms with Crippen molar-refractivity contribution < 1.29 is 13.9 Å². The van der Waals surface area contributed by atoms with Crippen molar-refractivity contribution in [2.75, 3.05) is 19.8 Å². The van der Waals surface area contributed by atoms with E-state index < -0.39 is 8.32 Å². The van der Waals surface area contributed by atoms with Gasteiger partial charge in [0.25, 0.3) is 0 Å². The van der Waals surface area contributed by atoms with Crippen molar-refractivity contribution in [3.63, 3.8) is 0 Å². The van der Waals surface area contributed by atoms with Crippen LogP contribution in [0.4, 0.5) is 0 Å². The standard InChI is InChI=1S/C17H24BrNO3Si/c1-13(22-23(3,4)5)19-9-14-8-15(18)6-7-16(14)21-12-17(2)10-20-11-17/h6-9H,1,10-12H2,2-5H3. The largest absolute Gasteiger partial charge is 0.532 e. The van der Waals surface area contributed by atoms with Gasteiger partial charge in [0, 0.05) is 21.7 Å². The number of rotatable bonds is 7. The molecule has 0 aliphatic carbocycles. The van der Waals surface area contributed by atoms with E-state index in [0.717, 1.165) is 29.0 Å². The first-order chi connectivity index (χ1) is 10.7. The van der Waals surface area contributed by atoms with Crippen LogP contribution in [0.15, 0.2) is 40.1 Å². The minimum absolute atomic E-state index is 0.103. The monoisotopic (exact) mass is 397 g/mol. The summed E-state index contributed by atoms with van der Waals surface area (Å²) >= 11 is 3.48. The molecule has 0 spiro atoms. The van der Waals surface area contributed by atoms with Gasteiger partial charge in [0.1, 0.15) is 5.75 Å². The summed E-state index contributed by atoms with van der Waals surface area (Å²) in [7, 11) is -1.69. The minimum Gasteiger partial charge on any atom is -0.532 e. The fraction of sp³-hybridized carbons (Fsp3) is 0.471. The number of hydrogen-bond acceptors (Lipinski definition) is 4. The van der Waals surface area contributed by atoms with E-state index in [1.807, 2.05) is 18.2 Å². The van der Waals surface area contributed by atoms with Gasteiger partial charge in [-0.05, 0) is 44.4 Å². The highest BCUT2D eigenvalue weighted by Crippen LogP contribution is 2.29. The molecule has 0 unspecified atom stereocenters. The molecule has 1 aliphatic rings. The molecule has 0 bridgehead atoms. The minimum atomic E-state index is -1.69. The van der Waals surface area contributed by atoms with Crippen molar-refractivity contribution in [1.82, 2.24) is 0 Å². The van der Waals surface area contributed by atoms with Gasteiger partial charge in [0.05, 0.1) is 19.8 Å². The molecule has 1 saturated heterocycles. The van der Waals surface area contributed by atoms with E-state index in [1.165, 1.54) is 0 Å². The molecule has 0 N–H and O–H groups in total. The quantitative estimate of drug-likeness (QED) is 0.383. The smallest absolute Gasteiger partial charge is 0.244 e. The normalized spacial score (nSPS) is 16.9. The van der Waals surface area contributed by atoms with Crippen LogP contribution >= 0.6 is 15.9 Å².